The summed E-state index contributed by atoms with van der Waals surface area (Å²) in [6, 6.07) is 0. The second-order valence-electron chi connectivity index (χ2n) is 3.40. The Balaban J connectivity index is 2.34. The highest BCUT2D eigenvalue weighted by molar-refractivity contribution is 14.1. The summed E-state index contributed by atoms with van der Waals surface area (Å²) in [5, 5.41) is 4.48. The van der Waals surface area contributed by atoms with Crippen molar-refractivity contribution in [2.75, 3.05) is 6.61 Å². The standard InChI is InChI=1S/C9H13IN2O/c1-6-9(10)7(2)12(11-6)8-4-3-5-13-8/h8H,3-5H2,1-2H3. The first-order chi connectivity index (χ1) is 6.20. The Bertz CT molecular complexity index is 316. The van der Waals surface area contributed by atoms with Crippen LogP contribution in [0.15, 0.2) is 0 Å². The lowest BCUT2D eigenvalue weighted by molar-refractivity contribution is 0.0449. The molecule has 2 rings (SSSR count). The molecule has 0 N–H and O–H groups in total. The van der Waals surface area contributed by atoms with Crippen molar-refractivity contribution in [3.05, 3.63) is 15.0 Å². The number of nitrogens with zero attached hydrogens (tertiary/aromatic N) is 2. The van der Waals surface area contributed by atoms with Crippen LogP contribution >= 0.6 is 22.6 Å². The van der Waals surface area contributed by atoms with Gasteiger partial charge >= 0.3 is 0 Å². The normalized spacial score (nSPS) is 22.5. The average molecular weight is 292 g/mol. The highest BCUT2D eigenvalue weighted by Crippen LogP contribution is 2.26. The molecule has 0 aliphatic carbocycles. The molecule has 0 spiro atoms. The van der Waals surface area contributed by atoms with E-state index >= 15 is 0 Å². The lowest BCUT2D eigenvalue weighted by atomic mass is 10.3. The Morgan fingerprint density at radius 3 is 2.77 bits per heavy atom. The van der Waals surface area contributed by atoms with Crippen LogP contribution in [0.3, 0.4) is 0 Å². The third kappa shape index (κ3) is 1.61. The van der Waals surface area contributed by atoms with Crippen molar-refractivity contribution in [3.63, 3.8) is 0 Å². The first-order valence-corrected chi connectivity index (χ1v) is 5.61. The minimum Gasteiger partial charge on any atom is -0.357 e. The van der Waals surface area contributed by atoms with E-state index in [1.807, 2.05) is 11.6 Å². The van der Waals surface area contributed by atoms with Crippen molar-refractivity contribution in [3.8, 4) is 0 Å². The fourth-order valence-corrected chi connectivity index (χ4v) is 2.03. The maximum atomic E-state index is 5.59. The van der Waals surface area contributed by atoms with Gasteiger partial charge in [0.05, 0.1) is 15.0 Å². The molecule has 3 nitrogen and oxygen atoms in total. The van der Waals surface area contributed by atoms with Crippen molar-refractivity contribution in [1.29, 1.82) is 0 Å². The number of ether oxygens (including phenoxy) is 1. The summed E-state index contributed by atoms with van der Waals surface area (Å²) < 4.78 is 8.86. The largest absolute Gasteiger partial charge is 0.357 e. The predicted octanol–water partition coefficient (Wildman–Crippen LogP) is 2.41. The maximum absolute atomic E-state index is 5.59. The molecule has 2 heterocycles. The number of aromatic nitrogens is 2. The number of halogens is 1. The second-order valence-corrected chi connectivity index (χ2v) is 4.48. The number of aryl methyl sites for hydroxylation is 1. The van der Waals surface area contributed by atoms with E-state index in [0.29, 0.717) is 0 Å². The summed E-state index contributed by atoms with van der Waals surface area (Å²) in [5.41, 5.74) is 2.33. The summed E-state index contributed by atoms with van der Waals surface area (Å²) in [7, 11) is 0. The van der Waals surface area contributed by atoms with Gasteiger partial charge in [0, 0.05) is 6.61 Å². The molecule has 13 heavy (non-hydrogen) atoms. The summed E-state index contributed by atoms with van der Waals surface area (Å²) in [4.78, 5) is 0. The van der Waals surface area contributed by atoms with E-state index in [1.54, 1.807) is 0 Å². The van der Waals surface area contributed by atoms with Gasteiger partial charge in [-0.15, -0.1) is 0 Å². The average Bonchev–Trinajstić information content (AvgIpc) is 2.70. The van der Waals surface area contributed by atoms with Crippen molar-refractivity contribution in [2.45, 2.75) is 32.9 Å². The molecule has 0 aromatic carbocycles. The van der Waals surface area contributed by atoms with E-state index in [1.165, 1.54) is 9.26 Å². The molecule has 0 radical (unpaired) electrons. The minimum atomic E-state index is 0.183. The summed E-state index contributed by atoms with van der Waals surface area (Å²) in [6.07, 6.45) is 2.43. The lowest BCUT2D eigenvalue weighted by Gasteiger charge is -2.11. The Morgan fingerprint density at radius 2 is 2.31 bits per heavy atom. The quantitative estimate of drug-likeness (QED) is 0.743. The second kappa shape index (κ2) is 3.57. The lowest BCUT2D eigenvalue weighted by Crippen LogP contribution is -2.10. The Morgan fingerprint density at radius 1 is 1.54 bits per heavy atom. The summed E-state index contributed by atoms with van der Waals surface area (Å²) >= 11 is 2.34. The molecule has 0 saturated carbocycles. The van der Waals surface area contributed by atoms with Crippen molar-refractivity contribution >= 4 is 22.6 Å². The molecule has 1 fully saturated rings. The van der Waals surface area contributed by atoms with Crippen LogP contribution < -0.4 is 0 Å². The maximum Gasteiger partial charge on any atom is 0.150 e. The van der Waals surface area contributed by atoms with Gasteiger partial charge in [-0.25, -0.2) is 4.68 Å². The smallest absolute Gasteiger partial charge is 0.150 e. The van der Waals surface area contributed by atoms with Crippen LogP contribution in [0, 0.1) is 17.4 Å². The SMILES string of the molecule is Cc1nn(C2CCCO2)c(C)c1I. The first kappa shape index (κ1) is 9.45. The van der Waals surface area contributed by atoms with Crippen LogP contribution in [0.2, 0.25) is 0 Å². The van der Waals surface area contributed by atoms with Gasteiger partial charge in [-0.3, -0.25) is 0 Å². The topological polar surface area (TPSA) is 27.1 Å². The first-order valence-electron chi connectivity index (χ1n) is 4.53. The van der Waals surface area contributed by atoms with Crippen LogP contribution in [0.4, 0.5) is 0 Å². The molecule has 1 aliphatic heterocycles. The Labute approximate surface area is 91.6 Å². The van der Waals surface area contributed by atoms with E-state index in [4.69, 9.17) is 4.74 Å². The zero-order chi connectivity index (χ0) is 9.42. The molecular weight excluding hydrogens is 279 g/mol. The molecule has 1 saturated heterocycles. The fraction of sp³-hybridized carbons (Fsp3) is 0.667. The zero-order valence-electron chi connectivity index (χ0n) is 7.88. The Kier molecular flexibility index (Phi) is 2.60. The minimum absolute atomic E-state index is 0.183. The van der Waals surface area contributed by atoms with E-state index in [0.717, 1.165) is 25.1 Å². The van der Waals surface area contributed by atoms with Crippen LogP contribution in [0.5, 0.6) is 0 Å². The molecule has 1 aliphatic rings. The van der Waals surface area contributed by atoms with Gasteiger partial charge in [-0.1, -0.05) is 0 Å². The molecule has 1 unspecified atom stereocenters. The van der Waals surface area contributed by atoms with E-state index in [9.17, 15) is 0 Å². The van der Waals surface area contributed by atoms with Crippen molar-refractivity contribution < 1.29 is 4.74 Å². The predicted molar refractivity (Wildman–Crippen MR) is 58.6 cm³/mol. The fourth-order valence-electron chi connectivity index (χ4n) is 1.68. The molecule has 4 heteroatoms. The highest BCUT2D eigenvalue weighted by Gasteiger charge is 2.21. The summed E-state index contributed by atoms with van der Waals surface area (Å²) in [5.74, 6) is 0. The van der Waals surface area contributed by atoms with Gasteiger partial charge in [0.15, 0.2) is 6.23 Å². The molecular formula is C9H13IN2O. The highest BCUT2D eigenvalue weighted by atomic mass is 127. The Hall–Kier alpha value is -0.100. The molecule has 0 amide bonds. The van der Waals surface area contributed by atoms with Crippen LogP contribution in [-0.4, -0.2) is 16.4 Å². The zero-order valence-corrected chi connectivity index (χ0v) is 10.0. The van der Waals surface area contributed by atoms with Gasteiger partial charge in [-0.2, -0.15) is 5.10 Å². The number of rotatable bonds is 1. The van der Waals surface area contributed by atoms with Gasteiger partial charge in [0.25, 0.3) is 0 Å². The molecule has 0 bridgehead atoms. The van der Waals surface area contributed by atoms with Gasteiger partial charge < -0.3 is 4.74 Å². The van der Waals surface area contributed by atoms with Crippen LogP contribution in [-0.2, 0) is 4.74 Å². The molecule has 1 atom stereocenters. The van der Waals surface area contributed by atoms with Crippen molar-refractivity contribution in [2.24, 2.45) is 0 Å². The van der Waals surface area contributed by atoms with E-state index < -0.39 is 0 Å². The third-order valence-electron chi connectivity index (χ3n) is 2.42. The van der Waals surface area contributed by atoms with Gasteiger partial charge in [-0.05, 0) is 49.3 Å². The van der Waals surface area contributed by atoms with Crippen molar-refractivity contribution in [1.82, 2.24) is 9.78 Å². The molecule has 1 aromatic rings. The van der Waals surface area contributed by atoms with Crippen LogP contribution in [0.25, 0.3) is 0 Å². The monoisotopic (exact) mass is 292 g/mol. The molecule has 72 valence electrons. The van der Waals surface area contributed by atoms with Gasteiger partial charge in [0.1, 0.15) is 0 Å². The van der Waals surface area contributed by atoms with Crippen LogP contribution in [0.1, 0.15) is 30.5 Å². The molecule has 1 aromatic heterocycles. The third-order valence-corrected chi connectivity index (χ3v) is 3.98. The van der Waals surface area contributed by atoms with E-state index in [-0.39, 0.29) is 6.23 Å². The van der Waals surface area contributed by atoms with Gasteiger partial charge in [0.2, 0.25) is 0 Å². The number of hydrogen-bond donors (Lipinski definition) is 0. The number of hydrogen-bond acceptors (Lipinski definition) is 2. The van der Waals surface area contributed by atoms with E-state index in [2.05, 4.69) is 34.6 Å². The summed E-state index contributed by atoms with van der Waals surface area (Å²) in [6.45, 7) is 5.02.